The summed E-state index contributed by atoms with van der Waals surface area (Å²) >= 11 is 0. The zero-order chi connectivity index (χ0) is 12.0. The molecular weight excluding hydrogens is 198 g/mol. The van der Waals surface area contributed by atoms with Crippen LogP contribution in [0.1, 0.15) is 25.3 Å². The second-order valence-electron chi connectivity index (χ2n) is 3.77. The van der Waals surface area contributed by atoms with Gasteiger partial charge in [-0.25, -0.2) is 0 Å². The summed E-state index contributed by atoms with van der Waals surface area (Å²) in [6.45, 7) is 5.75. The fraction of sp³-hybridized carbons (Fsp3) is 0.357. The van der Waals surface area contributed by atoms with E-state index in [1.807, 2.05) is 31.2 Å². The molecule has 1 rings (SSSR count). The molecule has 0 heterocycles. The van der Waals surface area contributed by atoms with Crippen molar-refractivity contribution in [3.8, 4) is 11.8 Å². The Bertz CT molecular complexity index is 405. The first-order valence-corrected chi connectivity index (χ1v) is 5.39. The van der Waals surface area contributed by atoms with Crippen LogP contribution in [0.15, 0.2) is 36.9 Å². The van der Waals surface area contributed by atoms with Gasteiger partial charge in [-0.3, -0.25) is 0 Å². The van der Waals surface area contributed by atoms with Crippen LogP contribution in [0.25, 0.3) is 0 Å². The molecule has 0 saturated carbocycles. The normalized spacial score (nSPS) is 13.6. The van der Waals surface area contributed by atoms with Gasteiger partial charge < -0.3 is 4.74 Å². The molecule has 0 spiro atoms. The van der Waals surface area contributed by atoms with E-state index in [2.05, 4.69) is 12.6 Å². The average molecular weight is 215 g/mol. The molecule has 0 bridgehead atoms. The van der Waals surface area contributed by atoms with Crippen molar-refractivity contribution >= 4 is 0 Å². The number of methoxy groups -OCH3 is 1. The molecule has 0 aromatic heterocycles. The first-order chi connectivity index (χ1) is 7.72. The van der Waals surface area contributed by atoms with Crippen molar-refractivity contribution in [2.24, 2.45) is 0 Å². The monoisotopic (exact) mass is 215 g/mol. The van der Waals surface area contributed by atoms with E-state index in [4.69, 9.17) is 4.74 Å². The van der Waals surface area contributed by atoms with Crippen molar-refractivity contribution in [2.45, 2.75) is 25.2 Å². The van der Waals surface area contributed by atoms with Gasteiger partial charge in [0.25, 0.3) is 0 Å². The highest BCUT2D eigenvalue weighted by molar-refractivity contribution is 5.38. The van der Waals surface area contributed by atoms with Crippen LogP contribution < -0.4 is 4.74 Å². The number of hydrogen-bond acceptors (Lipinski definition) is 2. The van der Waals surface area contributed by atoms with Gasteiger partial charge in [-0.15, -0.1) is 6.58 Å². The van der Waals surface area contributed by atoms with Crippen molar-refractivity contribution in [2.75, 3.05) is 7.11 Å². The minimum Gasteiger partial charge on any atom is -0.497 e. The highest BCUT2D eigenvalue weighted by Crippen LogP contribution is 2.33. The number of nitrogens with zero attached hydrogens (tertiary/aromatic N) is 1. The minimum atomic E-state index is -0.476. The van der Waals surface area contributed by atoms with Crippen molar-refractivity contribution < 1.29 is 4.74 Å². The van der Waals surface area contributed by atoms with Crippen molar-refractivity contribution in [3.63, 3.8) is 0 Å². The summed E-state index contributed by atoms with van der Waals surface area (Å²) in [5.41, 5.74) is 0.521. The zero-order valence-electron chi connectivity index (χ0n) is 9.86. The summed E-state index contributed by atoms with van der Waals surface area (Å²) in [5.74, 6) is 0.787. The summed E-state index contributed by atoms with van der Waals surface area (Å²) in [6.07, 6.45) is 3.22. The topological polar surface area (TPSA) is 33.0 Å². The van der Waals surface area contributed by atoms with E-state index in [0.717, 1.165) is 17.7 Å². The van der Waals surface area contributed by atoms with Crippen LogP contribution >= 0.6 is 0 Å². The first kappa shape index (κ1) is 12.3. The second kappa shape index (κ2) is 5.37. The molecule has 1 aromatic rings. The molecule has 1 atom stereocenters. The number of benzene rings is 1. The molecule has 84 valence electrons. The number of nitriles is 1. The van der Waals surface area contributed by atoms with Crippen LogP contribution in [-0.2, 0) is 5.41 Å². The average Bonchev–Trinajstić information content (AvgIpc) is 2.36. The molecule has 16 heavy (non-hydrogen) atoms. The highest BCUT2D eigenvalue weighted by Gasteiger charge is 2.29. The fourth-order valence-electron chi connectivity index (χ4n) is 1.82. The largest absolute Gasteiger partial charge is 0.497 e. The molecule has 0 radical (unpaired) electrons. The molecule has 1 unspecified atom stereocenters. The maximum Gasteiger partial charge on any atom is 0.119 e. The van der Waals surface area contributed by atoms with Gasteiger partial charge in [0.2, 0.25) is 0 Å². The lowest BCUT2D eigenvalue weighted by atomic mass is 9.77. The molecule has 1 aromatic carbocycles. The van der Waals surface area contributed by atoms with E-state index >= 15 is 0 Å². The molecule has 0 aliphatic heterocycles. The second-order valence-corrected chi connectivity index (χ2v) is 3.77. The zero-order valence-corrected chi connectivity index (χ0v) is 9.86. The summed E-state index contributed by atoms with van der Waals surface area (Å²) in [6, 6.07) is 10.1. The number of rotatable bonds is 5. The van der Waals surface area contributed by atoms with E-state index in [0.29, 0.717) is 6.42 Å². The first-order valence-electron chi connectivity index (χ1n) is 5.39. The molecule has 0 aliphatic rings. The molecule has 0 saturated heterocycles. The summed E-state index contributed by atoms with van der Waals surface area (Å²) < 4.78 is 5.18. The van der Waals surface area contributed by atoms with Gasteiger partial charge in [-0.2, -0.15) is 5.26 Å². The molecular formula is C14H17NO. The van der Waals surface area contributed by atoms with Crippen LogP contribution in [0.4, 0.5) is 0 Å². The van der Waals surface area contributed by atoms with Gasteiger partial charge in [0, 0.05) is 0 Å². The molecule has 2 heteroatoms. The van der Waals surface area contributed by atoms with Crippen molar-refractivity contribution in [1.29, 1.82) is 5.26 Å². The van der Waals surface area contributed by atoms with E-state index in [1.165, 1.54) is 0 Å². The summed E-state index contributed by atoms with van der Waals surface area (Å²) in [4.78, 5) is 0. The minimum absolute atomic E-state index is 0.476. The van der Waals surface area contributed by atoms with Gasteiger partial charge in [-0.05, 0) is 30.5 Å². The van der Waals surface area contributed by atoms with Crippen LogP contribution in [0, 0.1) is 11.3 Å². The SMILES string of the molecule is C=CCC(C#N)(CC)c1cccc(OC)c1. The Hall–Kier alpha value is -1.75. The highest BCUT2D eigenvalue weighted by atomic mass is 16.5. The number of hydrogen-bond donors (Lipinski definition) is 0. The lowest BCUT2D eigenvalue weighted by Crippen LogP contribution is -2.22. The van der Waals surface area contributed by atoms with Gasteiger partial charge in [0.05, 0.1) is 18.6 Å². The molecule has 0 N–H and O–H groups in total. The van der Waals surface area contributed by atoms with Gasteiger partial charge in [0.15, 0.2) is 0 Å². The van der Waals surface area contributed by atoms with E-state index in [1.54, 1.807) is 13.2 Å². The maximum absolute atomic E-state index is 9.39. The Morgan fingerprint density at radius 1 is 1.56 bits per heavy atom. The van der Waals surface area contributed by atoms with Crippen LogP contribution in [0.5, 0.6) is 5.75 Å². The molecule has 0 fully saturated rings. The van der Waals surface area contributed by atoms with Crippen LogP contribution in [0.3, 0.4) is 0 Å². The van der Waals surface area contributed by atoms with Crippen molar-refractivity contribution in [1.82, 2.24) is 0 Å². The third-order valence-electron chi connectivity index (χ3n) is 2.93. The fourth-order valence-corrected chi connectivity index (χ4v) is 1.82. The Kier molecular flexibility index (Phi) is 4.13. The predicted molar refractivity (Wildman–Crippen MR) is 65.4 cm³/mol. The van der Waals surface area contributed by atoms with Gasteiger partial charge >= 0.3 is 0 Å². The van der Waals surface area contributed by atoms with E-state index in [-0.39, 0.29) is 0 Å². The third kappa shape index (κ3) is 2.25. The van der Waals surface area contributed by atoms with Crippen LogP contribution in [0.2, 0.25) is 0 Å². The number of ether oxygens (including phenoxy) is 1. The van der Waals surface area contributed by atoms with Crippen LogP contribution in [-0.4, -0.2) is 7.11 Å². The number of allylic oxidation sites excluding steroid dienone is 1. The van der Waals surface area contributed by atoms with E-state index in [9.17, 15) is 5.26 Å². The predicted octanol–water partition coefficient (Wildman–Crippen LogP) is 3.44. The molecule has 0 aliphatic carbocycles. The Morgan fingerprint density at radius 2 is 2.31 bits per heavy atom. The van der Waals surface area contributed by atoms with Crippen molar-refractivity contribution in [3.05, 3.63) is 42.5 Å². The Labute approximate surface area is 97.2 Å². The van der Waals surface area contributed by atoms with Gasteiger partial charge in [0.1, 0.15) is 5.75 Å². The maximum atomic E-state index is 9.39. The quantitative estimate of drug-likeness (QED) is 0.705. The summed E-state index contributed by atoms with van der Waals surface area (Å²) in [7, 11) is 1.63. The lowest BCUT2D eigenvalue weighted by molar-refractivity contribution is 0.412. The Balaban J connectivity index is 3.20. The third-order valence-corrected chi connectivity index (χ3v) is 2.93. The summed E-state index contributed by atoms with van der Waals surface area (Å²) in [5, 5.41) is 9.39. The standard InChI is InChI=1S/C14H17NO/c1-4-9-14(5-2,11-15)12-7-6-8-13(10-12)16-3/h4,6-8,10H,1,5,9H2,2-3H3. The molecule has 2 nitrogen and oxygen atoms in total. The Morgan fingerprint density at radius 3 is 2.81 bits per heavy atom. The lowest BCUT2D eigenvalue weighted by Gasteiger charge is -2.24. The van der Waals surface area contributed by atoms with E-state index < -0.39 is 5.41 Å². The molecule has 0 amide bonds. The smallest absolute Gasteiger partial charge is 0.119 e. The van der Waals surface area contributed by atoms with Gasteiger partial charge in [-0.1, -0.05) is 25.1 Å².